The first kappa shape index (κ1) is 19.2. The molecule has 0 fully saturated rings. The summed E-state index contributed by atoms with van der Waals surface area (Å²) in [6, 6.07) is 4.83. The van der Waals surface area contributed by atoms with E-state index in [2.05, 4.69) is 19.4 Å². The Morgan fingerprint density at radius 3 is 2.44 bits per heavy atom. The third-order valence-electron chi connectivity index (χ3n) is 4.42. The molecule has 8 heteroatoms. The minimum Gasteiger partial charge on any atom is -0.441 e. The van der Waals surface area contributed by atoms with Crippen molar-refractivity contribution in [2.24, 2.45) is 0 Å². The van der Waals surface area contributed by atoms with Gasteiger partial charge in [0.1, 0.15) is 11.6 Å². The van der Waals surface area contributed by atoms with Gasteiger partial charge < -0.3 is 8.98 Å². The number of aryl methyl sites for hydroxylation is 2. The van der Waals surface area contributed by atoms with Crippen molar-refractivity contribution >= 4 is 0 Å². The molecule has 0 saturated carbocycles. The van der Waals surface area contributed by atoms with Crippen LogP contribution in [0.15, 0.2) is 41.1 Å². The van der Waals surface area contributed by atoms with Gasteiger partial charge in [-0.05, 0) is 45.2 Å². The Hall–Kier alpha value is -2.61. The Morgan fingerprint density at radius 2 is 1.85 bits per heavy atom. The molecule has 0 atom stereocenters. The molecule has 0 N–H and O–H groups in total. The van der Waals surface area contributed by atoms with Crippen molar-refractivity contribution in [2.45, 2.75) is 33.1 Å². The van der Waals surface area contributed by atoms with Crippen LogP contribution in [-0.4, -0.2) is 33.0 Å². The number of hydrogen-bond acceptors (Lipinski definition) is 4. The first-order valence-corrected chi connectivity index (χ1v) is 8.54. The number of nitrogens with zero attached hydrogens (tertiary/aromatic N) is 4. The molecule has 27 heavy (non-hydrogen) atoms. The number of benzene rings is 1. The first-order valence-electron chi connectivity index (χ1n) is 8.54. The van der Waals surface area contributed by atoms with Crippen LogP contribution in [0.25, 0.3) is 11.5 Å². The maximum atomic E-state index is 12.7. The Morgan fingerprint density at radius 1 is 1.15 bits per heavy atom. The number of halogens is 3. The Bertz CT molecular complexity index is 897. The molecule has 0 radical (unpaired) electrons. The SMILES string of the molecule is Cc1oc(-c2ccc(C(F)(F)F)cc2)nc1CN(C)CCn1ccnc1C. The van der Waals surface area contributed by atoms with Crippen LogP contribution in [0.5, 0.6) is 0 Å². The number of alkyl halides is 3. The molecule has 2 aromatic heterocycles. The molecule has 3 aromatic rings. The molecule has 1 aromatic carbocycles. The highest BCUT2D eigenvalue weighted by Gasteiger charge is 2.30. The summed E-state index contributed by atoms with van der Waals surface area (Å²) in [5.41, 5.74) is 0.605. The zero-order valence-corrected chi connectivity index (χ0v) is 15.4. The van der Waals surface area contributed by atoms with Crippen LogP contribution in [0.1, 0.15) is 22.8 Å². The minimum absolute atomic E-state index is 0.329. The van der Waals surface area contributed by atoms with Gasteiger partial charge in [0.25, 0.3) is 0 Å². The van der Waals surface area contributed by atoms with Gasteiger partial charge in [-0.15, -0.1) is 0 Å². The Labute approximate surface area is 155 Å². The average molecular weight is 378 g/mol. The van der Waals surface area contributed by atoms with Gasteiger partial charge in [-0.2, -0.15) is 13.2 Å². The fourth-order valence-corrected chi connectivity index (χ4v) is 2.75. The van der Waals surface area contributed by atoms with Gasteiger partial charge >= 0.3 is 6.18 Å². The molecule has 0 unspecified atom stereocenters. The maximum absolute atomic E-state index is 12.7. The molecule has 2 heterocycles. The van der Waals surface area contributed by atoms with Gasteiger partial charge in [0.15, 0.2) is 0 Å². The van der Waals surface area contributed by atoms with Crippen molar-refractivity contribution < 1.29 is 17.6 Å². The summed E-state index contributed by atoms with van der Waals surface area (Å²) >= 11 is 0. The molecule has 3 rings (SSSR count). The highest BCUT2D eigenvalue weighted by Crippen LogP contribution is 2.31. The van der Waals surface area contributed by atoms with E-state index in [9.17, 15) is 13.2 Å². The number of likely N-dealkylation sites (N-methyl/N-ethyl adjacent to an activating group) is 1. The quantitative estimate of drug-likeness (QED) is 0.641. The zero-order chi connectivity index (χ0) is 19.6. The molecule has 0 aliphatic rings. The van der Waals surface area contributed by atoms with Crippen LogP contribution in [0.3, 0.4) is 0 Å². The van der Waals surface area contributed by atoms with E-state index in [0.717, 1.165) is 36.7 Å². The lowest BCUT2D eigenvalue weighted by Crippen LogP contribution is -2.23. The topological polar surface area (TPSA) is 47.1 Å². The fraction of sp³-hybridized carbons (Fsp3) is 0.368. The predicted molar refractivity (Wildman–Crippen MR) is 95.0 cm³/mol. The summed E-state index contributed by atoms with van der Waals surface area (Å²) in [6.07, 6.45) is -0.646. The summed E-state index contributed by atoms with van der Waals surface area (Å²) in [4.78, 5) is 10.8. The van der Waals surface area contributed by atoms with Crippen LogP contribution < -0.4 is 0 Å². The van der Waals surface area contributed by atoms with E-state index in [4.69, 9.17) is 4.42 Å². The third kappa shape index (κ3) is 4.57. The molecular weight excluding hydrogens is 357 g/mol. The Kier molecular flexibility index (Phi) is 5.36. The lowest BCUT2D eigenvalue weighted by molar-refractivity contribution is -0.137. The van der Waals surface area contributed by atoms with Crippen molar-refractivity contribution in [3.8, 4) is 11.5 Å². The van der Waals surface area contributed by atoms with E-state index in [1.165, 1.54) is 12.1 Å². The fourth-order valence-electron chi connectivity index (χ4n) is 2.75. The normalized spacial score (nSPS) is 12.1. The van der Waals surface area contributed by atoms with Crippen molar-refractivity contribution in [3.63, 3.8) is 0 Å². The van der Waals surface area contributed by atoms with Crippen molar-refractivity contribution in [1.29, 1.82) is 0 Å². The summed E-state index contributed by atoms with van der Waals surface area (Å²) in [5, 5.41) is 0. The van der Waals surface area contributed by atoms with E-state index < -0.39 is 11.7 Å². The van der Waals surface area contributed by atoms with Gasteiger partial charge in [0.05, 0.1) is 11.3 Å². The molecule has 0 bridgehead atoms. The lowest BCUT2D eigenvalue weighted by Gasteiger charge is -2.16. The highest BCUT2D eigenvalue weighted by atomic mass is 19.4. The van der Waals surface area contributed by atoms with Crippen LogP contribution in [0.2, 0.25) is 0 Å². The second kappa shape index (κ2) is 7.56. The number of aromatic nitrogens is 3. The van der Waals surface area contributed by atoms with Crippen LogP contribution in [-0.2, 0) is 19.3 Å². The largest absolute Gasteiger partial charge is 0.441 e. The molecule has 5 nitrogen and oxygen atoms in total. The summed E-state index contributed by atoms with van der Waals surface area (Å²) in [5.74, 6) is 1.95. The van der Waals surface area contributed by atoms with Crippen LogP contribution in [0, 0.1) is 13.8 Å². The first-order chi connectivity index (χ1) is 12.7. The molecular formula is C19H21F3N4O. The van der Waals surface area contributed by atoms with Gasteiger partial charge in [-0.25, -0.2) is 9.97 Å². The lowest BCUT2D eigenvalue weighted by atomic mass is 10.1. The monoisotopic (exact) mass is 378 g/mol. The predicted octanol–water partition coefficient (Wildman–Crippen LogP) is 4.31. The van der Waals surface area contributed by atoms with E-state index in [1.54, 1.807) is 6.20 Å². The van der Waals surface area contributed by atoms with Gasteiger partial charge in [-0.3, -0.25) is 4.90 Å². The molecule has 0 aliphatic carbocycles. The van der Waals surface area contributed by atoms with E-state index in [-0.39, 0.29) is 0 Å². The van der Waals surface area contributed by atoms with E-state index in [1.807, 2.05) is 27.1 Å². The van der Waals surface area contributed by atoms with Crippen molar-refractivity contribution in [2.75, 3.05) is 13.6 Å². The molecule has 0 amide bonds. The minimum atomic E-state index is -4.35. The molecule has 0 spiro atoms. The number of hydrogen-bond donors (Lipinski definition) is 0. The summed E-state index contributed by atoms with van der Waals surface area (Å²) < 4.78 is 45.8. The molecule has 0 aliphatic heterocycles. The standard InChI is InChI=1S/C19H21F3N4O/c1-13-17(12-25(3)10-11-26-9-8-23-14(26)2)24-18(27-13)15-4-6-16(7-5-15)19(20,21)22/h4-9H,10-12H2,1-3H3. The molecule has 144 valence electrons. The van der Waals surface area contributed by atoms with E-state index >= 15 is 0 Å². The number of imidazole rings is 1. The summed E-state index contributed by atoms with van der Waals surface area (Å²) in [6.45, 7) is 5.97. The van der Waals surface area contributed by atoms with Gasteiger partial charge in [0, 0.05) is 37.6 Å². The van der Waals surface area contributed by atoms with Gasteiger partial charge in [0.2, 0.25) is 5.89 Å². The Balaban J connectivity index is 1.66. The van der Waals surface area contributed by atoms with Crippen molar-refractivity contribution in [1.82, 2.24) is 19.4 Å². The second-order valence-electron chi connectivity index (χ2n) is 6.50. The molecule has 0 saturated heterocycles. The summed E-state index contributed by atoms with van der Waals surface area (Å²) in [7, 11) is 1.98. The third-order valence-corrected chi connectivity index (χ3v) is 4.42. The van der Waals surface area contributed by atoms with Gasteiger partial charge in [-0.1, -0.05) is 0 Å². The highest BCUT2D eigenvalue weighted by molar-refractivity contribution is 5.54. The average Bonchev–Trinajstić information content (AvgIpc) is 3.18. The van der Waals surface area contributed by atoms with Crippen molar-refractivity contribution in [3.05, 3.63) is 59.5 Å². The van der Waals surface area contributed by atoms with Crippen LogP contribution in [0.4, 0.5) is 13.2 Å². The second-order valence-corrected chi connectivity index (χ2v) is 6.50. The zero-order valence-electron chi connectivity index (χ0n) is 15.4. The smallest absolute Gasteiger partial charge is 0.416 e. The number of oxazole rings is 1. The van der Waals surface area contributed by atoms with E-state index in [0.29, 0.717) is 23.8 Å². The number of rotatable bonds is 6. The van der Waals surface area contributed by atoms with Crippen LogP contribution >= 0.6 is 0 Å². The maximum Gasteiger partial charge on any atom is 0.416 e.